The van der Waals surface area contributed by atoms with Gasteiger partial charge in [0.15, 0.2) is 0 Å². The fraction of sp³-hybridized carbons (Fsp3) is 0.794. The maximum Gasteiger partial charge on any atom is 0.303 e. The first-order valence-electron chi connectivity index (χ1n) is 16.3. The Morgan fingerprint density at radius 3 is 2.42 bits per heavy atom. The predicted molar refractivity (Wildman–Crippen MR) is 162 cm³/mol. The SMILES string of the molecule is COCCC(O)CC(OC)C12C3CN(C)C1C(C[C@]1(OC(C)=O)C4C2C[C@@](O)(C4OCc2ccccc2)[C@@H](OC)C1O)C3OC. The van der Waals surface area contributed by atoms with Gasteiger partial charge in [0.05, 0.1) is 31.0 Å². The molecule has 6 bridgehead atoms. The average molecular weight is 634 g/mol. The number of aliphatic hydroxyl groups is 3. The van der Waals surface area contributed by atoms with Crippen LogP contribution in [0.4, 0.5) is 0 Å². The summed E-state index contributed by atoms with van der Waals surface area (Å²) in [6, 6.07) is 9.67. The average Bonchev–Trinajstić information content (AvgIpc) is 3.53. The van der Waals surface area contributed by atoms with Gasteiger partial charge < -0.3 is 48.6 Å². The van der Waals surface area contributed by atoms with E-state index >= 15 is 0 Å². The van der Waals surface area contributed by atoms with Crippen LogP contribution in [-0.2, 0) is 39.8 Å². The minimum Gasteiger partial charge on any atom is -0.456 e. The number of ether oxygens (including phenoxy) is 6. The van der Waals surface area contributed by atoms with Gasteiger partial charge in [-0.15, -0.1) is 0 Å². The van der Waals surface area contributed by atoms with Gasteiger partial charge in [-0.1, -0.05) is 30.3 Å². The summed E-state index contributed by atoms with van der Waals surface area (Å²) in [5, 5.41) is 36.2. The Hall–Kier alpha value is -1.67. The monoisotopic (exact) mass is 633 g/mol. The summed E-state index contributed by atoms with van der Waals surface area (Å²) >= 11 is 0. The summed E-state index contributed by atoms with van der Waals surface area (Å²) in [4.78, 5) is 15.4. The fourth-order valence-corrected chi connectivity index (χ4v) is 11.2. The molecule has 1 saturated heterocycles. The van der Waals surface area contributed by atoms with Gasteiger partial charge in [-0.3, -0.25) is 4.79 Å². The molecule has 1 aliphatic heterocycles. The normalized spacial score (nSPS) is 44.5. The van der Waals surface area contributed by atoms with Crippen LogP contribution in [0.15, 0.2) is 30.3 Å². The van der Waals surface area contributed by atoms with E-state index in [0.29, 0.717) is 25.9 Å². The van der Waals surface area contributed by atoms with Crippen LogP contribution in [-0.4, -0.2) is 129 Å². The first kappa shape index (κ1) is 33.2. The standard InChI is InChI=1S/C34H51NO10/c1-19(36)45-33-15-22-27(42-5)24-17-35(2)28(22)34(24,25(41-4)14-21(37)12-13-40-3)23-16-32(39,31(43-6)29(33)38)30(26(23)33)44-18-20-10-8-7-9-11-20/h7-11,21-31,37-39H,12-18H2,1-6H3/t21?,22?,23?,24?,25?,26?,27?,28?,29?,30?,31-,32+,33-,34?/m0/s1. The number of nitrogens with zero attached hydrogens (tertiary/aromatic N) is 1. The van der Waals surface area contributed by atoms with Crippen molar-refractivity contribution >= 4 is 5.97 Å². The molecule has 5 aliphatic rings. The van der Waals surface area contributed by atoms with Crippen molar-refractivity contribution in [3.05, 3.63) is 35.9 Å². The van der Waals surface area contributed by atoms with Crippen LogP contribution in [0, 0.1) is 29.1 Å². The van der Waals surface area contributed by atoms with Gasteiger partial charge in [0, 0.05) is 84.1 Å². The Kier molecular flexibility index (Phi) is 9.17. The number of fused-ring (bicyclic) bond motifs is 1. The van der Waals surface area contributed by atoms with Crippen molar-refractivity contribution in [1.29, 1.82) is 0 Å². The number of hydrogen-bond donors (Lipinski definition) is 3. The van der Waals surface area contributed by atoms with E-state index in [4.69, 9.17) is 28.4 Å². The highest BCUT2D eigenvalue weighted by Gasteiger charge is 2.84. The van der Waals surface area contributed by atoms with Gasteiger partial charge >= 0.3 is 5.97 Å². The smallest absolute Gasteiger partial charge is 0.303 e. The third kappa shape index (κ3) is 4.76. The highest BCUT2D eigenvalue weighted by atomic mass is 16.6. The number of piperidine rings is 1. The summed E-state index contributed by atoms with van der Waals surface area (Å²) in [6.45, 7) is 2.76. The molecule has 5 fully saturated rings. The van der Waals surface area contributed by atoms with Gasteiger partial charge in [0.1, 0.15) is 23.4 Å². The molecule has 0 aromatic heterocycles. The van der Waals surface area contributed by atoms with Crippen LogP contribution in [0.25, 0.3) is 0 Å². The molecule has 11 nitrogen and oxygen atoms in total. The Morgan fingerprint density at radius 1 is 1.07 bits per heavy atom. The molecule has 3 N–H and O–H groups in total. The molecule has 0 radical (unpaired) electrons. The molecule has 0 amide bonds. The number of rotatable bonds is 13. The number of carbonyl (C=O) groups excluding carboxylic acids is 1. The van der Waals surface area contributed by atoms with Crippen molar-refractivity contribution in [2.75, 3.05) is 48.6 Å². The molecule has 0 spiro atoms. The number of hydrogen-bond acceptors (Lipinski definition) is 11. The zero-order valence-electron chi connectivity index (χ0n) is 27.3. The molecule has 1 aromatic rings. The molecule has 1 aromatic carbocycles. The topological polar surface area (TPSA) is 136 Å². The van der Waals surface area contributed by atoms with Gasteiger partial charge in [0.25, 0.3) is 0 Å². The van der Waals surface area contributed by atoms with Gasteiger partial charge in [-0.25, -0.2) is 0 Å². The summed E-state index contributed by atoms with van der Waals surface area (Å²) in [6.07, 6.45) is -3.14. The largest absolute Gasteiger partial charge is 0.456 e. The molecule has 252 valence electrons. The van der Waals surface area contributed by atoms with Crippen molar-refractivity contribution in [1.82, 2.24) is 4.90 Å². The number of esters is 1. The van der Waals surface area contributed by atoms with Gasteiger partial charge in [-0.2, -0.15) is 0 Å². The third-order valence-electron chi connectivity index (χ3n) is 12.3. The Morgan fingerprint density at radius 2 is 1.80 bits per heavy atom. The lowest BCUT2D eigenvalue weighted by atomic mass is 9.57. The molecule has 4 saturated carbocycles. The third-order valence-corrected chi connectivity index (χ3v) is 12.3. The van der Waals surface area contributed by atoms with Crippen molar-refractivity contribution in [3.63, 3.8) is 0 Å². The van der Waals surface area contributed by atoms with Crippen LogP contribution in [0.3, 0.4) is 0 Å². The van der Waals surface area contributed by atoms with E-state index in [1.807, 2.05) is 30.3 Å². The van der Waals surface area contributed by atoms with Gasteiger partial charge in [0.2, 0.25) is 0 Å². The quantitative estimate of drug-likeness (QED) is 0.272. The molecule has 14 atom stereocenters. The predicted octanol–water partition coefficient (Wildman–Crippen LogP) is 1.40. The van der Waals surface area contributed by atoms with E-state index in [1.54, 1.807) is 21.3 Å². The van der Waals surface area contributed by atoms with Gasteiger partial charge in [-0.05, 0) is 37.8 Å². The number of likely N-dealkylation sites (tertiary alicyclic amines) is 1. The Bertz CT molecular complexity index is 1200. The molecular weight excluding hydrogens is 582 g/mol. The molecule has 1 heterocycles. The minimum absolute atomic E-state index is 0.00161. The second kappa shape index (κ2) is 12.4. The lowest BCUT2D eigenvalue weighted by molar-refractivity contribution is -0.293. The summed E-state index contributed by atoms with van der Waals surface area (Å²) in [5.74, 6) is -1.56. The molecule has 11 heteroatoms. The zero-order valence-corrected chi connectivity index (χ0v) is 27.3. The van der Waals surface area contributed by atoms with Crippen LogP contribution in [0.1, 0.15) is 38.2 Å². The lowest BCUT2D eigenvalue weighted by Crippen LogP contribution is -2.73. The van der Waals surface area contributed by atoms with Crippen molar-refractivity contribution in [2.24, 2.45) is 29.1 Å². The highest BCUT2D eigenvalue weighted by molar-refractivity contribution is 5.67. The molecule has 11 unspecified atom stereocenters. The maximum absolute atomic E-state index is 13.0. The number of aliphatic hydroxyl groups excluding tert-OH is 2. The summed E-state index contributed by atoms with van der Waals surface area (Å²) in [7, 11) is 8.60. The van der Waals surface area contributed by atoms with Crippen molar-refractivity contribution in [3.8, 4) is 0 Å². The van der Waals surface area contributed by atoms with E-state index in [9.17, 15) is 20.1 Å². The number of benzene rings is 1. The molecule has 4 aliphatic carbocycles. The first-order valence-corrected chi connectivity index (χ1v) is 16.3. The number of methoxy groups -OCH3 is 4. The lowest BCUT2D eigenvalue weighted by Gasteiger charge is -2.56. The summed E-state index contributed by atoms with van der Waals surface area (Å²) < 4.78 is 37.0. The van der Waals surface area contributed by atoms with E-state index < -0.39 is 59.0 Å². The fourth-order valence-electron chi connectivity index (χ4n) is 11.2. The highest BCUT2D eigenvalue weighted by Crippen LogP contribution is 2.74. The van der Waals surface area contributed by atoms with Crippen LogP contribution in [0.5, 0.6) is 0 Å². The minimum atomic E-state index is -1.59. The van der Waals surface area contributed by atoms with Crippen LogP contribution >= 0.6 is 0 Å². The van der Waals surface area contributed by atoms with Crippen LogP contribution < -0.4 is 0 Å². The maximum atomic E-state index is 13.0. The molecular formula is C34H51NO10. The second-order valence-electron chi connectivity index (χ2n) is 14.1. The Labute approximate surface area is 266 Å². The van der Waals surface area contributed by atoms with E-state index in [-0.39, 0.29) is 42.9 Å². The number of carbonyl (C=O) groups is 1. The molecule has 45 heavy (non-hydrogen) atoms. The van der Waals surface area contributed by atoms with Crippen molar-refractivity contribution in [2.45, 2.75) is 93.1 Å². The van der Waals surface area contributed by atoms with E-state index in [0.717, 1.165) is 12.1 Å². The molecule has 6 rings (SSSR count). The second-order valence-corrected chi connectivity index (χ2v) is 14.1. The van der Waals surface area contributed by atoms with Crippen molar-refractivity contribution < 1.29 is 48.5 Å². The summed E-state index contributed by atoms with van der Waals surface area (Å²) in [5.41, 5.74) is -2.69. The van der Waals surface area contributed by atoms with Crippen LogP contribution in [0.2, 0.25) is 0 Å². The van der Waals surface area contributed by atoms with E-state index in [2.05, 4.69) is 11.9 Å². The zero-order chi connectivity index (χ0) is 32.3. The first-order chi connectivity index (χ1) is 21.5. The Balaban J connectivity index is 1.55. The van der Waals surface area contributed by atoms with E-state index in [1.165, 1.54) is 14.0 Å².